The number of hydrogen-bond acceptors (Lipinski definition) is 4. The van der Waals surface area contributed by atoms with Crippen molar-refractivity contribution < 1.29 is 23.1 Å². The van der Waals surface area contributed by atoms with Gasteiger partial charge in [0.2, 0.25) is 10.0 Å². The van der Waals surface area contributed by atoms with Crippen molar-refractivity contribution in [2.75, 3.05) is 6.61 Å². The van der Waals surface area contributed by atoms with E-state index in [1.54, 1.807) is 12.1 Å². The number of aliphatic carboxylic acids is 1. The molecule has 1 unspecified atom stereocenters. The quantitative estimate of drug-likeness (QED) is 0.664. The summed E-state index contributed by atoms with van der Waals surface area (Å²) in [6.07, 6.45) is 0.506. The molecular formula is C19H23NO5S. The molecule has 0 aliphatic rings. The Morgan fingerprint density at radius 2 is 1.88 bits per heavy atom. The summed E-state index contributed by atoms with van der Waals surface area (Å²) < 4.78 is 33.4. The maximum absolute atomic E-state index is 12.7. The first-order valence-corrected chi connectivity index (χ1v) is 9.90. The van der Waals surface area contributed by atoms with Gasteiger partial charge in [-0.15, -0.1) is 0 Å². The standard InChI is InChI=1S/C19H23NO5S/c1-2-25-17-9-6-10-18(14-17)26(23,24)20-16(11-12-19(21)22)13-15-7-4-3-5-8-15/h3-10,14,16,20H,2,11-13H2,1H3,(H,21,22). The molecule has 2 aromatic carbocycles. The van der Waals surface area contributed by atoms with Crippen molar-refractivity contribution in [3.63, 3.8) is 0 Å². The Kier molecular flexibility index (Phi) is 7.17. The van der Waals surface area contributed by atoms with Gasteiger partial charge in [0.15, 0.2) is 0 Å². The van der Waals surface area contributed by atoms with Crippen LogP contribution in [0.2, 0.25) is 0 Å². The molecule has 0 amide bonds. The average molecular weight is 377 g/mol. The Balaban J connectivity index is 2.19. The second-order valence-electron chi connectivity index (χ2n) is 5.85. The molecule has 2 N–H and O–H groups in total. The van der Waals surface area contributed by atoms with Gasteiger partial charge in [-0.1, -0.05) is 36.4 Å². The number of rotatable bonds is 10. The third kappa shape index (κ3) is 6.16. The monoisotopic (exact) mass is 377 g/mol. The van der Waals surface area contributed by atoms with Crippen molar-refractivity contribution in [1.82, 2.24) is 4.72 Å². The molecule has 0 radical (unpaired) electrons. The lowest BCUT2D eigenvalue weighted by molar-refractivity contribution is -0.137. The second kappa shape index (κ2) is 9.35. The Morgan fingerprint density at radius 3 is 2.54 bits per heavy atom. The van der Waals surface area contributed by atoms with Gasteiger partial charge in [-0.25, -0.2) is 13.1 Å². The first-order valence-electron chi connectivity index (χ1n) is 8.41. The lowest BCUT2D eigenvalue weighted by Gasteiger charge is -2.18. The van der Waals surface area contributed by atoms with Gasteiger partial charge < -0.3 is 9.84 Å². The Labute approximate surface area is 153 Å². The summed E-state index contributed by atoms with van der Waals surface area (Å²) in [6, 6.07) is 15.1. The van der Waals surface area contributed by atoms with Crippen LogP contribution in [-0.4, -0.2) is 32.1 Å². The van der Waals surface area contributed by atoms with Gasteiger partial charge in [0.05, 0.1) is 11.5 Å². The molecule has 140 valence electrons. The fraction of sp³-hybridized carbons (Fsp3) is 0.316. The fourth-order valence-electron chi connectivity index (χ4n) is 2.58. The van der Waals surface area contributed by atoms with E-state index in [-0.39, 0.29) is 17.7 Å². The molecule has 7 heteroatoms. The van der Waals surface area contributed by atoms with Crippen molar-refractivity contribution in [3.8, 4) is 5.75 Å². The summed E-state index contributed by atoms with van der Waals surface area (Å²) in [7, 11) is -3.79. The van der Waals surface area contributed by atoms with E-state index in [1.807, 2.05) is 37.3 Å². The van der Waals surface area contributed by atoms with Crippen molar-refractivity contribution in [1.29, 1.82) is 0 Å². The van der Waals surface area contributed by atoms with E-state index in [4.69, 9.17) is 9.84 Å². The number of hydrogen-bond donors (Lipinski definition) is 2. The van der Waals surface area contributed by atoms with Gasteiger partial charge in [0.25, 0.3) is 0 Å². The van der Waals surface area contributed by atoms with Gasteiger partial charge >= 0.3 is 5.97 Å². The van der Waals surface area contributed by atoms with Crippen LogP contribution in [0.5, 0.6) is 5.75 Å². The first kappa shape index (κ1) is 19.9. The molecule has 0 spiro atoms. The Bertz CT molecular complexity index is 821. The fourth-order valence-corrected chi connectivity index (χ4v) is 3.89. The van der Waals surface area contributed by atoms with Crippen LogP contribution in [-0.2, 0) is 21.2 Å². The van der Waals surface area contributed by atoms with Crippen LogP contribution in [0.1, 0.15) is 25.3 Å². The minimum Gasteiger partial charge on any atom is -0.494 e. The number of ether oxygens (including phenoxy) is 1. The van der Waals surface area contributed by atoms with Crippen LogP contribution in [0, 0.1) is 0 Å². The predicted molar refractivity (Wildman–Crippen MR) is 98.7 cm³/mol. The van der Waals surface area contributed by atoms with Crippen molar-refractivity contribution in [2.24, 2.45) is 0 Å². The molecule has 0 heterocycles. The molecule has 0 fully saturated rings. The van der Waals surface area contributed by atoms with Crippen molar-refractivity contribution in [3.05, 3.63) is 60.2 Å². The van der Waals surface area contributed by atoms with E-state index in [1.165, 1.54) is 12.1 Å². The van der Waals surface area contributed by atoms with E-state index in [0.29, 0.717) is 18.8 Å². The lowest BCUT2D eigenvalue weighted by atomic mass is 10.0. The molecule has 0 aliphatic heterocycles. The van der Waals surface area contributed by atoms with Crippen LogP contribution < -0.4 is 9.46 Å². The molecule has 0 bridgehead atoms. The van der Waals surface area contributed by atoms with Crippen LogP contribution in [0.25, 0.3) is 0 Å². The molecule has 0 aromatic heterocycles. The number of carboxylic acids is 1. The molecule has 1 atom stereocenters. The topological polar surface area (TPSA) is 92.7 Å². The minimum absolute atomic E-state index is 0.0943. The van der Waals surface area contributed by atoms with Crippen molar-refractivity contribution >= 4 is 16.0 Å². The highest BCUT2D eigenvalue weighted by molar-refractivity contribution is 7.89. The minimum atomic E-state index is -3.79. The maximum Gasteiger partial charge on any atom is 0.303 e. The molecule has 6 nitrogen and oxygen atoms in total. The van der Waals surface area contributed by atoms with E-state index in [0.717, 1.165) is 5.56 Å². The third-order valence-corrected chi connectivity index (χ3v) is 5.30. The zero-order chi connectivity index (χ0) is 19.0. The van der Waals surface area contributed by atoms with Crippen LogP contribution >= 0.6 is 0 Å². The first-order chi connectivity index (χ1) is 12.4. The molecule has 2 aromatic rings. The van der Waals surface area contributed by atoms with Crippen molar-refractivity contribution in [2.45, 2.75) is 37.1 Å². The summed E-state index contributed by atoms with van der Waals surface area (Å²) in [4.78, 5) is 11.0. The van der Waals surface area contributed by atoms with Gasteiger partial charge in [0.1, 0.15) is 5.75 Å². The highest BCUT2D eigenvalue weighted by Gasteiger charge is 2.21. The number of sulfonamides is 1. The molecule has 0 saturated heterocycles. The van der Waals surface area contributed by atoms with Crippen LogP contribution in [0.15, 0.2) is 59.5 Å². The zero-order valence-corrected chi connectivity index (χ0v) is 15.4. The summed E-state index contributed by atoms with van der Waals surface area (Å²) >= 11 is 0. The maximum atomic E-state index is 12.7. The zero-order valence-electron chi connectivity index (χ0n) is 14.6. The molecule has 0 aliphatic carbocycles. The average Bonchev–Trinajstić information content (AvgIpc) is 2.61. The molecule has 0 saturated carbocycles. The van der Waals surface area contributed by atoms with Gasteiger partial charge in [0, 0.05) is 18.5 Å². The number of nitrogens with one attached hydrogen (secondary N) is 1. The molecule has 26 heavy (non-hydrogen) atoms. The van der Waals surface area contributed by atoms with E-state index < -0.39 is 22.0 Å². The number of carboxylic acid groups (broad SMARTS) is 1. The summed E-state index contributed by atoms with van der Waals surface area (Å²) in [6.45, 7) is 2.26. The van der Waals surface area contributed by atoms with Gasteiger partial charge in [-0.05, 0) is 37.5 Å². The summed E-state index contributed by atoms with van der Waals surface area (Å²) in [5, 5.41) is 8.95. The number of carbonyl (C=O) groups is 1. The highest BCUT2D eigenvalue weighted by atomic mass is 32.2. The largest absolute Gasteiger partial charge is 0.494 e. The summed E-state index contributed by atoms with van der Waals surface area (Å²) in [5.74, 6) is -0.485. The van der Waals surface area contributed by atoms with Gasteiger partial charge in [-0.3, -0.25) is 4.79 Å². The van der Waals surface area contributed by atoms with E-state index in [2.05, 4.69) is 4.72 Å². The Hall–Kier alpha value is -2.38. The smallest absolute Gasteiger partial charge is 0.303 e. The molecular weight excluding hydrogens is 354 g/mol. The normalized spacial score (nSPS) is 12.5. The lowest BCUT2D eigenvalue weighted by Crippen LogP contribution is -2.36. The number of benzene rings is 2. The van der Waals surface area contributed by atoms with E-state index in [9.17, 15) is 13.2 Å². The predicted octanol–water partition coefficient (Wildman–Crippen LogP) is 2.84. The Morgan fingerprint density at radius 1 is 1.15 bits per heavy atom. The summed E-state index contributed by atoms with van der Waals surface area (Å²) in [5.41, 5.74) is 0.939. The SMILES string of the molecule is CCOc1cccc(S(=O)(=O)NC(CCC(=O)O)Cc2ccccc2)c1. The van der Waals surface area contributed by atoms with E-state index >= 15 is 0 Å². The second-order valence-corrected chi connectivity index (χ2v) is 7.56. The molecule has 2 rings (SSSR count). The van der Waals surface area contributed by atoms with Crippen LogP contribution in [0.4, 0.5) is 0 Å². The van der Waals surface area contributed by atoms with Crippen LogP contribution in [0.3, 0.4) is 0 Å². The third-order valence-electron chi connectivity index (χ3n) is 3.78. The van der Waals surface area contributed by atoms with Gasteiger partial charge in [-0.2, -0.15) is 0 Å². The highest BCUT2D eigenvalue weighted by Crippen LogP contribution is 2.19.